The van der Waals surface area contributed by atoms with Crippen LogP contribution in [0.15, 0.2) is 42.5 Å². The van der Waals surface area contributed by atoms with Gasteiger partial charge in [-0.1, -0.05) is 41.9 Å². The molecule has 2 N–H and O–H groups in total. The predicted molar refractivity (Wildman–Crippen MR) is 82.4 cm³/mol. The molecule has 4 nitrogen and oxygen atoms in total. The summed E-state index contributed by atoms with van der Waals surface area (Å²) in [5.74, 6) is 0.183. The first-order valence-electron chi connectivity index (χ1n) is 6.82. The molecule has 0 spiro atoms. The van der Waals surface area contributed by atoms with E-state index < -0.39 is 0 Å². The third-order valence-electron chi connectivity index (χ3n) is 4.13. The van der Waals surface area contributed by atoms with Crippen LogP contribution in [0, 0.1) is 16.0 Å². The summed E-state index contributed by atoms with van der Waals surface area (Å²) in [6, 6.07) is 12.8. The van der Waals surface area contributed by atoms with Crippen LogP contribution in [0.3, 0.4) is 0 Å². The Kier molecular flexibility index (Phi) is 3.66. The van der Waals surface area contributed by atoms with E-state index in [1.165, 1.54) is 11.6 Å². The molecule has 0 fully saturated rings. The van der Waals surface area contributed by atoms with E-state index in [1.807, 2.05) is 18.2 Å². The Labute approximate surface area is 127 Å². The van der Waals surface area contributed by atoms with E-state index in [2.05, 4.69) is 6.07 Å². The van der Waals surface area contributed by atoms with Gasteiger partial charge in [0.1, 0.15) is 0 Å². The lowest BCUT2D eigenvalue weighted by molar-refractivity contribution is -0.385. The molecule has 0 aliphatic heterocycles. The Morgan fingerprint density at radius 2 is 2.05 bits per heavy atom. The van der Waals surface area contributed by atoms with Gasteiger partial charge in [0.25, 0.3) is 5.69 Å². The van der Waals surface area contributed by atoms with Gasteiger partial charge in [0.15, 0.2) is 0 Å². The summed E-state index contributed by atoms with van der Waals surface area (Å²) in [5.41, 5.74) is 9.46. The molecular formula is C16H15ClN2O2. The molecule has 3 rings (SSSR count). The highest BCUT2D eigenvalue weighted by Crippen LogP contribution is 2.37. The molecule has 108 valence electrons. The second kappa shape index (κ2) is 5.47. The van der Waals surface area contributed by atoms with E-state index in [0.717, 1.165) is 12.0 Å². The van der Waals surface area contributed by atoms with Gasteiger partial charge in [-0.3, -0.25) is 10.1 Å². The van der Waals surface area contributed by atoms with Crippen molar-refractivity contribution in [3.8, 4) is 0 Å². The lowest BCUT2D eigenvalue weighted by atomic mass is 9.92. The highest BCUT2D eigenvalue weighted by atomic mass is 35.5. The van der Waals surface area contributed by atoms with E-state index in [-0.39, 0.29) is 22.6 Å². The molecule has 1 aliphatic carbocycles. The van der Waals surface area contributed by atoms with Crippen molar-refractivity contribution in [1.29, 1.82) is 0 Å². The van der Waals surface area contributed by atoms with Crippen molar-refractivity contribution in [1.82, 2.24) is 0 Å². The highest BCUT2D eigenvalue weighted by Gasteiger charge is 2.31. The Morgan fingerprint density at radius 3 is 2.76 bits per heavy atom. The van der Waals surface area contributed by atoms with Gasteiger partial charge >= 0.3 is 0 Å². The van der Waals surface area contributed by atoms with Crippen LogP contribution in [0.2, 0.25) is 5.02 Å². The Morgan fingerprint density at radius 1 is 1.29 bits per heavy atom. The summed E-state index contributed by atoms with van der Waals surface area (Å²) in [4.78, 5) is 10.8. The molecule has 2 atom stereocenters. The number of fused-ring (bicyclic) bond motifs is 1. The Balaban J connectivity index is 1.88. The SMILES string of the molecule is NC1c2ccccc2CC1Cc1ccc(Cl)cc1[N+](=O)[O-]. The van der Waals surface area contributed by atoms with Gasteiger partial charge in [0.2, 0.25) is 0 Å². The van der Waals surface area contributed by atoms with E-state index in [4.69, 9.17) is 17.3 Å². The number of nitrogens with two attached hydrogens (primary N) is 1. The van der Waals surface area contributed by atoms with Crippen LogP contribution < -0.4 is 5.73 Å². The number of nitrogens with zero attached hydrogens (tertiary/aromatic N) is 1. The van der Waals surface area contributed by atoms with Crippen molar-refractivity contribution < 1.29 is 4.92 Å². The highest BCUT2D eigenvalue weighted by molar-refractivity contribution is 6.30. The van der Waals surface area contributed by atoms with Gasteiger partial charge in [-0.15, -0.1) is 0 Å². The number of benzene rings is 2. The van der Waals surface area contributed by atoms with Crippen LogP contribution in [0.5, 0.6) is 0 Å². The van der Waals surface area contributed by atoms with Crippen molar-refractivity contribution in [2.45, 2.75) is 18.9 Å². The minimum atomic E-state index is -0.380. The van der Waals surface area contributed by atoms with Crippen molar-refractivity contribution in [2.24, 2.45) is 11.7 Å². The summed E-state index contributed by atoms with van der Waals surface area (Å²) in [7, 11) is 0. The zero-order valence-electron chi connectivity index (χ0n) is 11.3. The van der Waals surface area contributed by atoms with E-state index in [1.54, 1.807) is 12.1 Å². The van der Waals surface area contributed by atoms with Crippen molar-refractivity contribution in [3.05, 3.63) is 74.3 Å². The third kappa shape index (κ3) is 2.64. The van der Waals surface area contributed by atoms with Gasteiger partial charge in [-0.2, -0.15) is 0 Å². The summed E-state index contributed by atoms with van der Waals surface area (Å²) in [5, 5.41) is 11.5. The van der Waals surface area contributed by atoms with Gasteiger partial charge in [0.05, 0.1) is 4.92 Å². The van der Waals surface area contributed by atoms with E-state index >= 15 is 0 Å². The molecule has 0 saturated carbocycles. The molecule has 2 aromatic rings. The number of rotatable bonds is 3. The van der Waals surface area contributed by atoms with Gasteiger partial charge in [-0.05, 0) is 36.0 Å². The van der Waals surface area contributed by atoms with Crippen molar-refractivity contribution in [2.75, 3.05) is 0 Å². The summed E-state index contributed by atoms with van der Waals surface area (Å²) >= 11 is 5.85. The second-order valence-electron chi connectivity index (χ2n) is 5.42. The maximum Gasteiger partial charge on any atom is 0.274 e. The summed E-state index contributed by atoms with van der Waals surface area (Å²) < 4.78 is 0. The fourth-order valence-corrected chi connectivity index (χ4v) is 3.24. The van der Waals surface area contributed by atoms with Crippen LogP contribution in [-0.4, -0.2) is 4.92 Å². The normalized spacial score (nSPS) is 20.3. The molecule has 5 heteroatoms. The molecule has 21 heavy (non-hydrogen) atoms. The van der Waals surface area contributed by atoms with Gasteiger partial charge < -0.3 is 5.73 Å². The lowest BCUT2D eigenvalue weighted by Crippen LogP contribution is -2.19. The number of nitro groups is 1. The summed E-state index contributed by atoms with van der Waals surface area (Å²) in [6.45, 7) is 0. The molecule has 2 unspecified atom stereocenters. The molecule has 2 aromatic carbocycles. The minimum Gasteiger partial charge on any atom is -0.324 e. The smallest absolute Gasteiger partial charge is 0.274 e. The number of hydrogen-bond acceptors (Lipinski definition) is 3. The number of halogens is 1. The largest absolute Gasteiger partial charge is 0.324 e. The van der Waals surface area contributed by atoms with Crippen LogP contribution in [-0.2, 0) is 12.8 Å². The minimum absolute atomic E-state index is 0.0727. The van der Waals surface area contributed by atoms with Crippen LogP contribution in [0.25, 0.3) is 0 Å². The number of nitro benzene ring substituents is 1. The Hall–Kier alpha value is -1.91. The third-order valence-corrected chi connectivity index (χ3v) is 4.37. The molecule has 0 aromatic heterocycles. The topological polar surface area (TPSA) is 69.2 Å². The lowest BCUT2D eigenvalue weighted by Gasteiger charge is -2.16. The first-order valence-corrected chi connectivity index (χ1v) is 7.20. The number of hydrogen-bond donors (Lipinski definition) is 1. The molecule has 0 heterocycles. The first-order chi connectivity index (χ1) is 10.1. The fraction of sp³-hybridized carbons (Fsp3) is 0.250. The summed E-state index contributed by atoms with van der Waals surface area (Å²) in [6.07, 6.45) is 1.44. The van der Waals surface area contributed by atoms with Crippen LogP contribution >= 0.6 is 11.6 Å². The predicted octanol–water partition coefficient (Wildman–Crippen LogP) is 3.66. The molecule has 0 bridgehead atoms. The maximum absolute atomic E-state index is 11.2. The molecule has 0 radical (unpaired) electrons. The van der Waals surface area contributed by atoms with Crippen LogP contribution in [0.4, 0.5) is 5.69 Å². The van der Waals surface area contributed by atoms with E-state index in [0.29, 0.717) is 17.0 Å². The zero-order chi connectivity index (χ0) is 15.0. The maximum atomic E-state index is 11.2. The van der Waals surface area contributed by atoms with E-state index in [9.17, 15) is 10.1 Å². The average Bonchev–Trinajstić information content (AvgIpc) is 2.78. The quantitative estimate of drug-likeness (QED) is 0.695. The molecule has 0 saturated heterocycles. The van der Waals surface area contributed by atoms with Crippen LogP contribution in [0.1, 0.15) is 22.7 Å². The standard InChI is InChI=1S/C16H15ClN2O2/c17-13-6-5-11(15(9-13)19(20)21)8-12-7-10-3-1-2-4-14(10)16(12)18/h1-6,9,12,16H,7-8,18H2. The van der Waals surface area contributed by atoms with Crippen molar-refractivity contribution in [3.63, 3.8) is 0 Å². The van der Waals surface area contributed by atoms with Crippen molar-refractivity contribution >= 4 is 17.3 Å². The zero-order valence-corrected chi connectivity index (χ0v) is 12.1. The fourth-order valence-electron chi connectivity index (χ4n) is 3.07. The first kappa shape index (κ1) is 14.0. The molecule has 0 amide bonds. The average molecular weight is 303 g/mol. The Bertz CT molecular complexity index is 702. The van der Waals surface area contributed by atoms with Gasteiger partial charge in [-0.25, -0.2) is 0 Å². The molecule has 1 aliphatic rings. The van der Waals surface area contributed by atoms with Gasteiger partial charge in [0, 0.05) is 22.7 Å². The monoisotopic (exact) mass is 302 g/mol. The second-order valence-corrected chi connectivity index (χ2v) is 5.86. The molecular weight excluding hydrogens is 288 g/mol.